The second kappa shape index (κ2) is 5.02. The summed E-state index contributed by atoms with van der Waals surface area (Å²) in [6, 6.07) is 6.32. The van der Waals surface area contributed by atoms with Crippen molar-refractivity contribution in [3.8, 4) is 0 Å². The summed E-state index contributed by atoms with van der Waals surface area (Å²) in [5.41, 5.74) is 0. The Morgan fingerprint density at radius 2 is 1.88 bits per heavy atom. The fourth-order valence-corrected chi connectivity index (χ4v) is 5.17. The maximum absolute atomic E-state index is 3.81. The molecule has 2 aliphatic heterocycles. The lowest BCUT2D eigenvalue weighted by atomic mass is 10.0. The van der Waals surface area contributed by atoms with Crippen LogP contribution >= 0.6 is 27.3 Å². The van der Waals surface area contributed by atoms with E-state index in [1.54, 1.807) is 4.88 Å². The van der Waals surface area contributed by atoms with Crippen molar-refractivity contribution in [3.05, 3.63) is 21.9 Å². The Labute approximate surface area is 116 Å². The summed E-state index contributed by atoms with van der Waals surface area (Å²) in [6.07, 6.45) is 6.71. The van der Waals surface area contributed by atoms with Crippen LogP contribution in [0.3, 0.4) is 0 Å². The van der Waals surface area contributed by atoms with E-state index in [0.717, 1.165) is 16.9 Å². The molecule has 17 heavy (non-hydrogen) atoms. The molecule has 1 aromatic rings. The summed E-state index contributed by atoms with van der Waals surface area (Å²) >= 11 is 5.82. The number of hydrogen-bond donors (Lipinski definition) is 0. The molecular weight excluding hydrogens is 294 g/mol. The van der Waals surface area contributed by atoms with Crippen molar-refractivity contribution in [3.63, 3.8) is 0 Å². The summed E-state index contributed by atoms with van der Waals surface area (Å²) in [6.45, 7) is 3.44. The Kier molecular flexibility index (Phi) is 3.60. The fraction of sp³-hybridized carbons (Fsp3) is 0.714. The van der Waals surface area contributed by atoms with Gasteiger partial charge in [0.15, 0.2) is 0 Å². The highest BCUT2D eigenvalue weighted by Gasteiger charge is 2.39. The quantitative estimate of drug-likeness (QED) is 0.756. The number of nitrogens with zero attached hydrogens (tertiary/aromatic N) is 1. The van der Waals surface area contributed by atoms with Gasteiger partial charge in [0.25, 0.3) is 0 Å². The first-order valence-electron chi connectivity index (χ1n) is 6.73. The molecule has 0 N–H and O–H groups in total. The third kappa shape index (κ3) is 2.47. The topological polar surface area (TPSA) is 3.24 Å². The average molecular weight is 314 g/mol. The van der Waals surface area contributed by atoms with Gasteiger partial charge in [0.1, 0.15) is 0 Å². The van der Waals surface area contributed by atoms with Crippen molar-refractivity contribution in [1.29, 1.82) is 0 Å². The van der Waals surface area contributed by atoms with Gasteiger partial charge in [0.2, 0.25) is 0 Å². The SMILES string of the molecule is CCc1ccc(CN2C3CCC2CC(Br)C3)s1. The van der Waals surface area contributed by atoms with Crippen LogP contribution in [-0.4, -0.2) is 21.8 Å². The molecule has 1 aromatic heterocycles. The summed E-state index contributed by atoms with van der Waals surface area (Å²) in [5, 5.41) is 0. The number of hydrogen-bond acceptors (Lipinski definition) is 2. The van der Waals surface area contributed by atoms with Gasteiger partial charge in [0.05, 0.1) is 0 Å². The minimum atomic E-state index is 0.769. The molecule has 2 bridgehead atoms. The van der Waals surface area contributed by atoms with Gasteiger partial charge in [-0.3, -0.25) is 4.90 Å². The molecule has 0 spiro atoms. The third-order valence-electron chi connectivity index (χ3n) is 4.23. The van der Waals surface area contributed by atoms with Gasteiger partial charge in [-0.1, -0.05) is 22.9 Å². The van der Waals surface area contributed by atoms with Crippen LogP contribution in [0.5, 0.6) is 0 Å². The molecular formula is C14H20BrNS. The van der Waals surface area contributed by atoms with E-state index in [-0.39, 0.29) is 0 Å². The fourth-order valence-electron chi connectivity index (χ4n) is 3.34. The second-order valence-electron chi connectivity index (χ2n) is 5.35. The Bertz CT molecular complexity index is 375. The van der Waals surface area contributed by atoms with Gasteiger partial charge in [0, 0.05) is 33.2 Å². The van der Waals surface area contributed by atoms with Crippen molar-refractivity contribution in [2.75, 3.05) is 0 Å². The maximum atomic E-state index is 3.81. The zero-order valence-corrected chi connectivity index (χ0v) is 12.8. The van der Waals surface area contributed by atoms with E-state index in [2.05, 4.69) is 39.9 Å². The number of aryl methyl sites for hydroxylation is 1. The van der Waals surface area contributed by atoms with Gasteiger partial charge in [-0.25, -0.2) is 0 Å². The van der Waals surface area contributed by atoms with Gasteiger partial charge < -0.3 is 0 Å². The van der Waals surface area contributed by atoms with Crippen molar-refractivity contribution in [1.82, 2.24) is 4.90 Å². The van der Waals surface area contributed by atoms with Crippen LogP contribution in [0.1, 0.15) is 42.4 Å². The standard InChI is InChI=1S/C14H20BrNS/c1-2-13-5-6-14(17-13)9-16-11-3-4-12(16)8-10(15)7-11/h5-6,10-12H,2-4,7-9H2,1H3. The molecule has 0 saturated carbocycles. The summed E-state index contributed by atoms with van der Waals surface area (Å²) in [7, 11) is 0. The van der Waals surface area contributed by atoms with E-state index in [0.29, 0.717) is 0 Å². The van der Waals surface area contributed by atoms with Gasteiger partial charge in [-0.15, -0.1) is 11.3 Å². The molecule has 2 unspecified atom stereocenters. The Morgan fingerprint density at radius 3 is 2.47 bits per heavy atom. The highest BCUT2D eigenvalue weighted by Crippen LogP contribution is 2.39. The Morgan fingerprint density at radius 1 is 1.24 bits per heavy atom. The first-order valence-corrected chi connectivity index (χ1v) is 8.47. The molecule has 94 valence electrons. The van der Waals surface area contributed by atoms with Crippen molar-refractivity contribution in [2.45, 2.75) is 62.5 Å². The second-order valence-corrected chi connectivity index (χ2v) is 7.90. The van der Waals surface area contributed by atoms with E-state index in [1.807, 2.05) is 11.3 Å². The van der Waals surface area contributed by atoms with Crippen LogP contribution < -0.4 is 0 Å². The number of fused-ring (bicyclic) bond motifs is 2. The molecule has 2 atom stereocenters. The lowest BCUT2D eigenvalue weighted by molar-refractivity contribution is 0.138. The normalized spacial score (nSPS) is 33.2. The monoisotopic (exact) mass is 313 g/mol. The van der Waals surface area contributed by atoms with Gasteiger partial charge in [-0.2, -0.15) is 0 Å². The molecule has 1 nitrogen and oxygen atoms in total. The zero-order chi connectivity index (χ0) is 11.8. The molecule has 2 aliphatic rings. The minimum absolute atomic E-state index is 0.769. The smallest absolute Gasteiger partial charge is 0.0333 e. The summed E-state index contributed by atoms with van der Waals surface area (Å²) in [5.74, 6) is 0. The summed E-state index contributed by atoms with van der Waals surface area (Å²) < 4.78 is 0. The number of thiophene rings is 1. The third-order valence-corrected chi connectivity index (χ3v) is 6.19. The summed E-state index contributed by atoms with van der Waals surface area (Å²) in [4.78, 5) is 6.63. The van der Waals surface area contributed by atoms with E-state index in [9.17, 15) is 0 Å². The lowest BCUT2D eigenvalue weighted by Gasteiger charge is -2.36. The number of halogens is 1. The highest BCUT2D eigenvalue weighted by atomic mass is 79.9. The van der Waals surface area contributed by atoms with Crippen LogP contribution in [0.15, 0.2) is 12.1 Å². The van der Waals surface area contributed by atoms with E-state index in [4.69, 9.17) is 0 Å². The highest BCUT2D eigenvalue weighted by molar-refractivity contribution is 9.09. The molecule has 3 heterocycles. The molecule has 0 aromatic carbocycles. The van der Waals surface area contributed by atoms with Gasteiger partial charge in [-0.05, 0) is 44.2 Å². The van der Waals surface area contributed by atoms with Crippen molar-refractivity contribution < 1.29 is 0 Å². The number of rotatable bonds is 3. The molecule has 2 saturated heterocycles. The maximum Gasteiger partial charge on any atom is 0.0333 e. The molecule has 0 aliphatic carbocycles. The molecule has 0 radical (unpaired) electrons. The van der Waals surface area contributed by atoms with Crippen LogP contribution in [0, 0.1) is 0 Å². The van der Waals surface area contributed by atoms with Crippen LogP contribution in [0.4, 0.5) is 0 Å². The van der Waals surface area contributed by atoms with E-state index in [1.165, 1.54) is 43.5 Å². The average Bonchev–Trinajstić information content (AvgIpc) is 2.85. The minimum Gasteiger partial charge on any atom is -0.292 e. The Balaban J connectivity index is 1.69. The van der Waals surface area contributed by atoms with E-state index < -0.39 is 0 Å². The lowest BCUT2D eigenvalue weighted by Crippen LogP contribution is -2.42. The Hall–Kier alpha value is 0.140. The predicted octanol–water partition coefficient (Wildman–Crippen LogP) is 4.20. The zero-order valence-electron chi connectivity index (χ0n) is 10.4. The van der Waals surface area contributed by atoms with Crippen LogP contribution in [0.2, 0.25) is 0 Å². The first kappa shape index (κ1) is 12.2. The predicted molar refractivity (Wildman–Crippen MR) is 78.0 cm³/mol. The molecule has 3 heteroatoms. The molecule has 3 rings (SSSR count). The van der Waals surface area contributed by atoms with E-state index >= 15 is 0 Å². The molecule has 2 fully saturated rings. The number of piperidine rings is 1. The van der Waals surface area contributed by atoms with Crippen LogP contribution in [-0.2, 0) is 13.0 Å². The van der Waals surface area contributed by atoms with Gasteiger partial charge >= 0.3 is 0 Å². The number of alkyl halides is 1. The first-order chi connectivity index (χ1) is 8.26. The molecule has 0 amide bonds. The van der Waals surface area contributed by atoms with Crippen molar-refractivity contribution >= 4 is 27.3 Å². The van der Waals surface area contributed by atoms with Crippen molar-refractivity contribution in [2.24, 2.45) is 0 Å². The van der Waals surface area contributed by atoms with Crippen LogP contribution in [0.25, 0.3) is 0 Å². The largest absolute Gasteiger partial charge is 0.292 e.